The van der Waals surface area contributed by atoms with E-state index in [9.17, 15) is 4.39 Å². The van der Waals surface area contributed by atoms with Crippen molar-refractivity contribution >= 4 is 0 Å². The highest BCUT2D eigenvalue weighted by Crippen LogP contribution is 2.34. The molecule has 0 atom stereocenters. The summed E-state index contributed by atoms with van der Waals surface area (Å²) in [6.45, 7) is 4.33. The minimum absolute atomic E-state index is 0.108. The standard InChI is InChI=1S/C23H31FN2/c1-3-5-17-6-8-18(9-7-17)10-11-19-12-13-20(16-22(19)24)23-15-14-21(4-2)25-26-23/h12-18H,3-11H2,1-2H3. The molecule has 0 unspecified atom stereocenters. The molecule has 0 N–H and O–H groups in total. The smallest absolute Gasteiger partial charge is 0.127 e. The quantitative estimate of drug-likeness (QED) is 0.576. The van der Waals surface area contributed by atoms with Gasteiger partial charge in [-0.1, -0.05) is 64.5 Å². The van der Waals surface area contributed by atoms with Crippen LogP contribution in [0.25, 0.3) is 11.3 Å². The van der Waals surface area contributed by atoms with Crippen LogP contribution < -0.4 is 0 Å². The molecule has 1 heterocycles. The van der Waals surface area contributed by atoms with E-state index in [4.69, 9.17) is 0 Å². The second-order valence-electron chi connectivity index (χ2n) is 7.78. The second kappa shape index (κ2) is 9.25. The van der Waals surface area contributed by atoms with Gasteiger partial charge in [-0.2, -0.15) is 10.2 Å². The van der Waals surface area contributed by atoms with Gasteiger partial charge in [0.05, 0.1) is 11.4 Å². The Kier molecular flexibility index (Phi) is 6.76. The van der Waals surface area contributed by atoms with Crippen LogP contribution in [0, 0.1) is 17.7 Å². The van der Waals surface area contributed by atoms with Gasteiger partial charge in [0, 0.05) is 5.56 Å². The maximum absolute atomic E-state index is 14.5. The van der Waals surface area contributed by atoms with E-state index in [1.807, 2.05) is 24.3 Å². The Morgan fingerprint density at radius 2 is 1.65 bits per heavy atom. The van der Waals surface area contributed by atoms with E-state index in [1.165, 1.54) is 38.5 Å². The van der Waals surface area contributed by atoms with Crippen LogP contribution in [0.15, 0.2) is 30.3 Å². The Morgan fingerprint density at radius 1 is 0.923 bits per heavy atom. The molecule has 0 saturated heterocycles. The summed E-state index contributed by atoms with van der Waals surface area (Å²) in [5.41, 5.74) is 3.34. The first-order chi connectivity index (χ1) is 12.7. The molecule has 1 saturated carbocycles. The van der Waals surface area contributed by atoms with E-state index in [0.29, 0.717) is 0 Å². The van der Waals surface area contributed by atoms with Gasteiger partial charge in [-0.3, -0.25) is 0 Å². The molecular weight excluding hydrogens is 323 g/mol. The lowest BCUT2D eigenvalue weighted by Gasteiger charge is -2.28. The van der Waals surface area contributed by atoms with Crippen molar-refractivity contribution in [1.82, 2.24) is 10.2 Å². The van der Waals surface area contributed by atoms with Crippen molar-refractivity contribution in [3.63, 3.8) is 0 Å². The van der Waals surface area contributed by atoms with E-state index in [2.05, 4.69) is 24.0 Å². The molecule has 0 spiro atoms. The Morgan fingerprint density at radius 3 is 2.23 bits per heavy atom. The van der Waals surface area contributed by atoms with E-state index in [-0.39, 0.29) is 5.82 Å². The summed E-state index contributed by atoms with van der Waals surface area (Å²) in [5.74, 6) is 1.60. The minimum Gasteiger partial charge on any atom is -0.207 e. The Hall–Kier alpha value is -1.77. The fourth-order valence-electron chi connectivity index (χ4n) is 4.19. The third-order valence-electron chi connectivity index (χ3n) is 5.92. The molecule has 0 radical (unpaired) electrons. The molecule has 0 amide bonds. The van der Waals surface area contributed by atoms with Gasteiger partial charge in [0.2, 0.25) is 0 Å². The van der Waals surface area contributed by atoms with Crippen LogP contribution in [-0.2, 0) is 12.8 Å². The number of aryl methyl sites for hydroxylation is 2. The van der Waals surface area contributed by atoms with Crippen LogP contribution in [0.4, 0.5) is 4.39 Å². The first-order valence-electron chi connectivity index (χ1n) is 10.3. The van der Waals surface area contributed by atoms with Gasteiger partial charge in [0.25, 0.3) is 0 Å². The van der Waals surface area contributed by atoms with Crippen molar-refractivity contribution in [2.24, 2.45) is 11.8 Å². The van der Waals surface area contributed by atoms with Crippen molar-refractivity contribution in [2.75, 3.05) is 0 Å². The summed E-state index contributed by atoms with van der Waals surface area (Å²) >= 11 is 0. The Labute approximate surface area is 157 Å². The molecule has 3 heteroatoms. The largest absolute Gasteiger partial charge is 0.207 e. The summed E-state index contributed by atoms with van der Waals surface area (Å²) in [6, 6.07) is 9.41. The summed E-state index contributed by atoms with van der Waals surface area (Å²) in [4.78, 5) is 0. The summed E-state index contributed by atoms with van der Waals surface area (Å²) in [6.07, 6.45) is 10.9. The summed E-state index contributed by atoms with van der Waals surface area (Å²) in [5, 5.41) is 8.39. The molecular formula is C23H31FN2. The monoisotopic (exact) mass is 354 g/mol. The van der Waals surface area contributed by atoms with Crippen LogP contribution in [-0.4, -0.2) is 10.2 Å². The van der Waals surface area contributed by atoms with Gasteiger partial charge in [0.15, 0.2) is 0 Å². The van der Waals surface area contributed by atoms with Gasteiger partial charge in [-0.25, -0.2) is 4.39 Å². The van der Waals surface area contributed by atoms with Gasteiger partial charge in [-0.05, 0) is 54.9 Å². The number of benzene rings is 1. The number of hydrogen-bond acceptors (Lipinski definition) is 2. The van der Waals surface area contributed by atoms with E-state index < -0.39 is 0 Å². The van der Waals surface area contributed by atoms with E-state index in [1.54, 1.807) is 6.07 Å². The third-order valence-corrected chi connectivity index (χ3v) is 5.92. The maximum Gasteiger partial charge on any atom is 0.127 e. The molecule has 1 aliphatic rings. The first kappa shape index (κ1) is 19.0. The molecule has 0 aliphatic heterocycles. The molecule has 26 heavy (non-hydrogen) atoms. The van der Waals surface area contributed by atoms with Crippen LogP contribution in [0.2, 0.25) is 0 Å². The van der Waals surface area contributed by atoms with Crippen LogP contribution in [0.1, 0.15) is 70.1 Å². The predicted octanol–water partition coefficient (Wildman–Crippen LogP) is 6.38. The molecule has 3 rings (SSSR count). The van der Waals surface area contributed by atoms with Crippen LogP contribution in [0.5, 0.6) is 0 Å². The van der Waals surface area contributed by atoms with Crippen molar-refractivity contribution in [3.8, 4) is 11.3 Å². The highest BCUT2D eigenvalue weighted by molar-refractivity contribution is 5.59. The average Bonchev–Trinajstić information content (AvgIpc) is 2.68. The molecule has 2 aromatic rings. The highest BCUT2D eigenvalue weighted by Gasteiger charge is 2.20. The zero-order valence-electron chi connectivity index (χ0n) is 16.2. The molecule has 2 nitrogen and oxygen atoms in total. The van der Waals surface area contributed by atoms with E-state index in [0.717, 1.165) is 53.6 Å². The molecule has 1 aromatic heterocycles. The van der Waals surface area contributed by atoms with Crippen LogP contribution in [0.3, 0.4) is 0 Å². The van der Waals surface area contributed by atoms with Crippen molar-refractivity contribution in [1.29, 1.82) is 0 Å². The van der Waals surface area contributed by atoms with E-state index >= 15 is 0 Å². The molecule has 1 fully saturated rings. The van der Waals surface area contributed by atoms with Crippen molar-refractivity contribution < 1.29 is 4.39 Å². The summed E-state index contributed by atoms with van der Waals surface area (Å²) < 4.78 is 14.5. The highest BCUT2D eigenvalue weighted by atomic mass is 19.1. The lowest BCUT2D eigenvalue weighted by molar-refractivity contribution is 0.252. The molecule has 140 valence electrons. The van der Waals surface area contributed by atoms with Gasteiger partial charge in [0.1, 0.15) is 5.82 Å². The zero-order valence-corrected chi connectivity index (χ0v) is 16.2. The van der Waals surface area contributed by atoms with Gasteiger partial charge in [-0.15, -0.1) is 0 Å². The average molecular weight is 355 g/mol. The predicted molar refractivity (Wildman–Crippen MR) is 105 cm³/mol. The zero-order chi connectivity index (χ0) is 18.4. The molecule has 1 aromatic carbocycles. The maximum atomic E-state index is 14.5. The fraction of sp³-hybridized carbons (Fsp3) is 0.565. The van der Waals surface area contributed by atoms with Crippen molar-refractivity contribution in [2.45, 2.75) is 71.6 Å². The van der Waals surface area contributed by atoms with Crippen LogP contribution >= 0.6 is 0 Å². The van der Waals surface area contributed by atoms with Gasteiger partial charge < -0.3 is 0 Å². The minimum atomic E-state index is -0.108. The Bertz CT molecular complexity index is 688. The third kappa shape index (κ3) is 4.90. The SMILES string of the molecule is CCCC1CCC(CCc2ccc(-c3ccc(CC)nn3)cc2F)CC1. The molecule has 1 aliphatic carbocycles. The number of aromatic nitrogens is 2. The number of hydrogen-bond donors (Lipinski definition) is 0. The number of rotatable bonds is 7. The van der Waals surface area contributed by atoms with Gasteiger partial charge >= 0.3 is 0 Å². The fourth-order valence-corrected chi connectivity index (χ4v) is 4.19. The first-order valence-corrected chi connectivity index (χ1v) is 10.3. The van der Waals surface area contributed by atoms with Crippen molar-refractivity contribution in [3.05, 3.63) is 47.4 Å². The summed E-state index contributed by atoms with van der Waals surface area (Å²) in [7, 11) is 0. The number of nitrogens with zero attached hydrogens (tertiary/aromatic N) is 2. The molecule has 0 bridgehead atoms. The lowest BCUT2D eigenvalue weighted by Crippen LogP contribution is -2.15. The second-order valence-corrected chi connectivity index (χ2v) is 7.78. The lowest BCUT2D eigenvalue weighted by atomic mass is 9.78. The normalized spacial score (nSPS) is 20.3. The Balaban J connectivity index is 1.56. The topological polar surface area (TPSA) is 25.8 Å². The number of halogens is 1.